The second-order valence-corrected chi connectivity index (χ2v) is 6.80. The van der Waals surface area contributed by atoms with Crippen LogP contribution in [-0.4, -0.2) is 15.2 Å². The molecule has 28 heavy (non-hydrogen) atoms. The van der Waals surface area contributed by atoms with E-state index in [9.17, 15) is 9.18 Å². The average molecular weight is 370 g/mol. The van der Waals surface area contributed by atoms with Crippen molar-refractivity contribution < 1.29 is 9.18 Å². The van der Waals surface area contributed by atoms with Gasteiger partial charge in [-0.15, -0.1) is 0 Å². The van der Waals surface area contributed by atoms with Crippen LogP contribution in [0.15, 0.2) is 72.9 Å². The second-order valence-electron chi connectivity index (χ2n) is 6.80. The number of halogens is 1. The van der Waals surface area contributed by atoms with E-state index in [-0.39, 0.29) is 11.6 Å². The predicted octanol–water partition coefficient (Wildman–Crippen LogP) is 5.65. The van der Waals surface area contributed by atoms with E-state index in [1.807, 2.05) is 60.8 Å². The van der Waals surface area contributed by atoms with Gasteiger partial charge in [0, 0.05) is 17.3 Å². The first-order valence-electron chi connectivity index (χ1n) is 9.05. The van der Waals surface area contributed by atoms with E-state index in [2.05, 4.69) is 0 Å². The summed E-state index contributed by atoms with van der Waals surface area (Å²) in [6, 6.07) is 17.6. The number of nitrogens with zero attached hydrogens (tertiary/aromatic N) is 2. The maximum Gasteiger partial charge on any atom is 0.185 e. The Morgan fingerprint density at radius 2 is 1.71 bits per heavy atom. The van der Waals surface area contributed by atoms with E-state index >= 15 is 0 Å². The minimum absolute atomic E-state index is 0.0762. The maximum absolute atomic E-state index is 13.4. The molecule has 0 atom stereocenters. The number of rotatable bonds is 4. The van der Waals surface area contributed by atoms with Gasteiger partial charge in [-0.1, -0.05) is 35.9 Å². The Balaban J connectivity index is 1.81. The van der Waals surface area contributed by atoms with Crippen molar-refractivity contribution in [3.63, 3.8) is 0 Å². The lowest BCUT2D eigenvalue weighted by Crippen LogP contribution is -1.95. The zero-order valence-electron chi connectivity index (χ0n) is 15.7. The molecule has 4 heteroatoms. The molecule has 0 saturated heterocycles. The summed E-state index contributed by atoms with van der Waals surface area (Å²) in [5, 5.41) is 0. The predicted molar refractivity (Wildman–Crippen MR) is 110 cm³/mol. The molecule has 0 aliphatic heterocycles. The number of fused-ring (bicyclic) bond motifs is 1. The molecule has 4 aromatic rings. The van der Waals surface area contributed by atoms with Crippen LogP contribution in [0.4, 0.5) is 4.39 Å². The molecule has 0 fully saturated rings. The summed E-state index contributed by atoms with van der Waals surface area (Å²) in [5.41, 5.74) is 5.87. The van der Waals surface area contributed by atoms with Crippen LogP contribution in [0.2, 0.25) is 0 Å². The summed E-state index contributed by atoms with van der Waals surface area (Å²) < 4.78 is 15.3. The van der Waals surface area contributed by atoms with Crippen molar-refractivity contribution in [1.29, 1.82) is 0 Å². The van der Waals surface area contributed by atoms with E-state index in [0.29, 0.717) is 11.3 Å². The van der Waals surface area contributed by atoms with Gasteiger partial charge in [0.2, 0.25) is 0 Å². The van der Waals surface area contributed by atoms with E-state index in [0.717, 1.165) is 28.0 Å². The van der Waals surface area contributed by atoms with Crippen LogP contribution >= 0.6 is 0 Å². The Kier molecular flexibility index (Phi) is 4.62. The van der Waals surface area contributed by atoms with Crippen molar-refractivity contribution in [3.05, 3.63) is 101 Å². The molecule has 0 spiro atoms. The molecule has 138 valence electrons. The fraction of sp³-hybridized carbons (Fsp3) is 0.0833. The zero-order chi connectivity index (χ0) is 19.7. The van der Waals surface area contributed by atoms with Gasteiger partial charge in [-0.3, -0.25) is 9.20 Å². The van der Waals surface area contributed by atoms with Crippen LogP contribution in [0.25, 0.3) is 23.0 Å². The van der Waals surface area contributed by atoms with Crippen LogP contribution in [0.3, 0.4) is 0 Å². The smallest absolute Gasteiger partial charge is 0.185 e. The molecule has 0 aliphatic carbocycles. The Bertz CT molecular complexity index is 1190. The molecule has 0 radical (unpaired) electrons. The summed E-state index contributed by atoms with van der Waals surface area (Å²) >= 11 is 0. The first kappa shape index (κ1) is 17.9. The number of pyridine rings is 1. The molecule has 0 aliphatic rings. The average Bonchev–Trinajstić information content (AvgIpc) is 3.07. The van der Waals surface area contributed by atoms with Crippen molar-refractivity contribution in [2.75, 3.05) is 0 Å². The zero-order valence-corrected chi connectivity index (χ0v) is 15.7. The van der Waals surface area contributed by atoms with Crippen LogP contribution in [0.5, 0.6) is 0 Å². The summed E-state index contributed by atoms with van der Waals surface area (Å²) in [7, 11) is 0. The highest BCUT2D eigenvalue weighted by molar-refractivity contribution is 6.07. The maximum atomic E-state index is 13.4. The number of benzene rings is 2. The van der Waals surface area contributed by atoms with Gasteiger partial charge in [0.25, 0.3) is 0 Å². The normalized spacial score (nSPS) is 11.4. The second kappa shape index (κ2) is 7.24. The molecular weight excluding hydrogens is 351 g/mol. The van der Waals surface area contributed by atoms with Crippen LogP contribution < -0.4 is 0 Å². The van der Waals surface area contributed by atoms with Gasteiger partial charge >= 0.3 is 0 Å². The van der Waals surface area contributed by atoms with Crippen molar-refractivity contribution >= 4 is 17.5 Å². The van der Waals surface area contributed by atoms with E-state index in [4.69, 9.17) is 4.98 Å². The minimum atomic E-state index is -0.296. The van der Waals surface area contributed by atoms with Gasteiger partial charge < -0.3 is 0 Å². The molecule has 2 aromatic heterocycles. The molecule has 4 rings (SSSR count). The Morgan fingerprint density at radius 1 is 1.00 bits per heavy atom. The molecule has 3 nitrogen and oxygen atoms in total. The standard InChI is InChI=1S/C24H19FN2O/c1-16-5-7-18(8-6-16)22(28)14-13-21-23(19-9-11-20(25)12-10-19)26-24-17(2)4-3-15-27(21)24/h3-15H,1-2H3/b14-13+. The van der Waals surface area contributed by atoms with Gasteiger partial charge in [0.05, 0.1) is 11.4 Å². The largest absolute Gasteiger partial charge is 0.299 e. The Labute approximate surface area is 162 Å². The monoisotopic (exact) mass is 370 g/mol. The Morgan fingerprint density at radius 3 is 2.43 bits per heavy atom. The quantitative estimate of drug-likeness (QED) is 0.343. The van der Waals surface area contributed by atoms with Gasteiger partial charge in [0.1, 0.15) is 11.5 Å². The van der Waals surface area contributed by atoms with E-state index in [1.54, 1.807) is 24.3 Å². The molecule has 0 saturated carbocycles. The minimum Gasteiger partial charge on any atom is -0.299 e. The molecule has 0 N–H and O–H groups in total. The summed E-state index contributed by atoms with van der Waals surface area (Å²) in [6.07, 6.45) is 5.25. The number of aromatic nitrogens is 2. The topological polar surface area (TPSA) is 34.4 Å². The van der Waals surface area contributed by atoms with E-state index in [1.165, 1.54) is 12.1 Å². The summed E-state index contributed by atoms with van der Waals surface area (Å²) in [4.78, 5) is 17.3. The fourth-order valence-electron chi connectivity index (χ4n) is 3.17. The van der Waals surface area contributed by atoms with Crippen molar-refractivity contribution in [2.24, 2.45) is 0 Å². The lowest BCUT2D eigenvalue weighted by Gasteiger charge is -2.02. The van der Waals surface area contributed by atoms with Crippen molar-refractivity contribution in [2.45, 2.75) is 13.8 Å². The molecule has 2 aromatic carbocycles. The number of hydrogen-bond acceptors (Lipinski definition) is 2. The number of ketones is 1. The fourth-order valence-corrected chi connectivity index (χ4v) is 3.17. The van der Waals surface area contributed by atoms with Crippen LogP contribution in [0, 0.1) is 19.7 Å². The first-order valence-corrected chi connectivity index (χ1v) is 9.05. The summed E-state index contributed by atoms with van der Waals surface area (Å²) in [5.74, 6) is -0.372. The highest BCUT2D eigenvalue weighted by atomic mass is 19.1. The van der Waals surface area contributed by atoms with Gasteiger partial charge in [0.15, 0.2) is 5.78 Å². The van der Waals surface area contributed by atoms with Crippen LogP contribution in [0.1, 0.15) is 27.2 Å². The first-order chi connectivity index (χ1) is 13.5. The molecule has 2 heterocycles. The third kappa shape index (κ3) is 3.37. The van der Waals surface area contributed by atoms with Crippen molar-refractivity contribution in [3.8, 4) is 11.3 Å². The molecule has 0 amide bonds. The van der Waals surface area contributed by atoms with Crippen LogP contribution in [-0.2, 0) is 0 Å². The number of aryl methyl sites for hydroxylation is 2. The molecule has 0 bridgehead atoms. The third-order valence-corrected chi connectivity index (χ3v) is 4.73. The number of imidazole rings is 1. The molecule has 0 unspecified atom stereocenters. The van der Waals surface area contributed by atoms with Gasteiger partial charge in [-0.25, -0.2) is 9.37 Å². The van der Waals surface area contributed by atoms with Gasteiger partial charge in [-0.2, -0.15) is 0 Å². The van der Waals surface area contributed by atoms with Gasteiger partial charge in [-0.05, 0) is 61.9 Å². The number of carbonyl (C=O) groups is 1. The third-order valence-electron chi connectivity index (χ3n) is 4.73. The number of carbonyl (C=O) groups excluding carboxylic acids is 1. The lowest BCUT2D eigenvalue weighted by molar-refractivity contribution is 0.104. The SMILES string of the molecule is Cc1ccc(C(=O)/C=C/c2c(-c3ccc(F)cc3)nc3c(C)cccn23)cc1. The summed E-state index contributed by atoms with van der Waals surface area (Å²) in [6.45, 7) is 3.97. The van der Waals surface area contributed by atoms with Crippen molar-refractivity contribution in [1.82, 2.24) is 9.38 Å². The highest BCUT2D eigenvalue weighted by Gasteiger charge is 2.14. The Hall–Kier alpha value is -3.53. The number of hydrogen-bond donors (Lipinski definition) is 0. The highest BCUT2D eigenvalue weighted by Crippen LogP contribution is 2.27. The lowest BCUT2D eigenvalue weighted by atomic mass is 10.1. The van der Waals surface area contributed by atoms with E-state index < -0.39 is 0 Å². The number of allylic oxidation sites excluding steroid dienone is 1. The molecular formula is C24H19FN2O.